The van der Waals surface area contributed by atoms with Crippen LogP contribution in [0.1, 0.15) is 30.0 Å². The minimum atomic E-state index is -0.0793. The van der Waals surface area contributed by atoms with Gasteiger partial charge < -0.3 is 9.42 Å². The Hall–Kier alpha value is -1.03. The molecule has 0 saturated heterocycles. The van der Waals surface area contributed by atoms with E-state index in [9.17, 15) is 4.79 Å². The molecule has 1 heterocycles. The van der Waals surface area contributed by atoms with Crippen molar-refractivity contribution in [2.45, 2.75) is 26.8 Å². The summed E-state index contributed by atoms with van der Waals surface area (Å²) >= 11 is 5.65. The summed E-state index contributed by atoms with van der Waals surface area (Å²) in [7, 11) is 0. The SMILES string of the molecule is Cc1oncc1C(=O)N(CCCl)C(C)C. The van der Waals surface area contributed by atoms with Crippen molar-refractivity contribution >= 4 is 17.5 Å². The predicted octanol–water partition coefficient (Wildman–Crippen LogP) is 2.07. The van der Waals surface area contributed by atoms with Gasteiger partial charge in [0.25, 0.3) is 5.91 Å². The van der Waals surface area contributed by atoms with E-state index in [0.29, 0.717) is 23.7 Å². The zero-order valence-corrected chi connectivity index (χ0v) is 9.91. The average molecular weight is 231 g/mol. The van der Waals surface area contributed by atoms with Gasteiger partial charge in [-0.05, 0) is 20.8 Å². The molecule has 0 spiro atoms. The van der Waals surface area contributed by atoms with E-state index in [1.165, 1.54) is 6.20 Å². The van der Waals surface area contributed by atoms with Crippen LogP contribution in [0.25, 0.3) is 0 Å². The quantitative estimate of drug-likeness (QED) is 0.744. The van der Waals surface area contributed by atoms with Crippen molar-refractivity contribution in [3.8, 4) is 0 Å². The van der Waals surface area contributed by atoms with E-state index in [2.05, 4.69) is 5.16 Å². The largest absolute Gasteiger partial charge is 0.361 e. The summed E-state index contributed by atoms with van der Waals surface area (Å²) in [5.74, 6) is 0.887. The molecule has 1 aromatic rings. The first-order valence-electron chi connectivity index (χ1n) is 4.86. The van der Waals surface area contributed by atoms with E-state index in [4.69, 9.17) is 16.1 Å². The van der Waals surface area contributed by atoms with Crippen molar-refractivity contribution in [2.75, 3.05) is 12.4 Å². The van der Waals surface area contributed by atoms with Crippen LogP contribution < -0.4 is 0 Å². The molecular formula is C10H15ClN2O2. The minimum absolute atomic E-state index is 0.0793. The zero-order valence-electron chi connectivity index (χ0n) is 9.16. The van der Waals surface area contributed by atoms with E-state index < -0.39 is 0 Å². The highest BCUT2D eigenvalue weighted by molar-refractivity contribution is 6.18. The number of aromatic nitrogens is 1. The minimum Gasteiger partial charge on any atom is -0.361 e. The summed E-state index contributed by atoms with van der Waals surface area (Å²) in [6.07, 6.45) is 1.45. The van der Waals surface area contributed by atoms with Crippen LogP contribution in [0.2, 0.25) is 0 Å². The molecule has 0 saturated carbocycles. The van der Waals surface area contributed by atoms with Crippen molar-refractivity contribution in [3.05, 3.63) is 17.5 Å². The van der Waals surface area contributed by atoms with Gasteiger partial charge in [-0.25, -0.2) is 0 Å². The van der Waals surface area contributed by atoms with Crippen LogP contribution in [0.3, 0.4) is 0 Å². The van der Waals surface area contributed by atoms with E-state index in [0.717, 1.165) is 0 Å². The Morgan fingerprint density at radius 3 is 2.73 bits per heavy atom. The van der Waals surface area contributed by atoms with E-state index >= 15 is 0 Å². The van der Waals surface area contributed by atoms with Gasteiger partial charge in [0.05, 0.1) is 6.20 Å². The maximum atomic E-state index is 12.0. The molecule has 0 unspecified atom stereocenters. The number of hydrogen-bond acceptors (Lipinski definition) is 3. The second-order valence-electron chi connectivity index (χ2n) is 3.58. The number of rotatable bonds is 4. The summed E-state index contributed by atoms with van der Waals surface area (Å²) in [6.45, 7) is 6.16. The first-order valence-corrected chi connectivity index (χ1v) is 5.39. The van der Waals surface area contributed by atoms with Crippen LogP contribution in [-0.4, -0.2) is 34.4 Å². The molecule has 0 fully saturated rings. The van der Waals surface area contributed by atoms with Crippen LogP contribution >= 0.6 is 11.6 Å². The second kappa shape index (κ2) is 5.16. The fraction of sp³-hybridized carbons (Fsp3) is 0.600. The molecule has 4 nitrogen and oxygen atoms in total. The topological polar surface area (TPSA) is 46.3 Å². The van der Waals surface area contributed by atoms with Crippen molar-refractivity contribution in [1.82, 2.24) is 10.1 Å². The Labute approximate surface area is 94.2 Å². The van der Waals surface area contributed by atoms with Crippen LogP contribution in [0, 0.1) is 6.92 Å². The van der Waals surface area contributed by atoms with Crippen molar-refractivity contribution in [3.63, 3.8) is 0 Å². The molecule has 15 heavy (non-hydrogen) atoms. The highest BCUT2D eigenvalue weighted by atomic mass is 35.5. The van der Waals surface area contributed by atoms with Gasteiger partial charge in [0, 0.05) is 18.5 Å². The Balaban J connectivity index is 2.86. The number of aryl methyl sites for hydroxylation is 1. The number of carbonyl (C=O) groups excluding carboxylic acids is 1. The summed E-state index contributed by atoms with van der Waals surface area (Å²) < 4.78 is 4.86. The van der Waals surface area contributed by atoms with Crippen LogP contribution in [0.4, 0.5) is 0 Å². The van der Waals surface area contributed by atoms with Crippen LogP contribution in [0.5, 0.6) is 0 Å². The molecular weight excluding hydrogens is 216 g/mol. The average Bonchev–Trinajstić information content (AvgIpc) is 2.59. The molecule has 0 aliphatic rings. The van der Waals surface area contributed by atoms with Gasteiger partial charge in [-0.3, -0.25) is 4.79 Å². The predicted molar refractivity (Wildman–Crippen MR) is 58.1 cm³/mol. The Morgan fingerprint density at radius 2 is 2.33 bits per heavy atom. The lowest BCUT2D eigenvalue weighted by Gasteiger charge is -2.25. The molecule has 0 bridgehead atoms. The monoisotopic (exact) mass is 230 g/mol. The number of hydrogen-bond donors (Lipinski definition) is 0. The van der Waals surface area contributed by atoms with Crippen LogP contribution in [0.15, 0.2) is 10.7 Å². The lowest BCUT2D eigenvalue weighted by atomic mass is 10.2. The van der Waals surface area contributed by atoms with E-state index in [1.807, 2.05) is 13.8 Å². The van der Waals surface area contributed by atoms with Gasteiger partial charge in [-0.15, -0.1) is 11.6 Å². The number of halogens is 1. The molecule has 84 valence electrons. The van der Waals surface area contributed by atoms with Gasteiger partial charge in [0.1, 0.15) is 11.3 Å². The zero-order chi connectivity index (χ0) is 11.4. The van der Waals surface area contributed by atoms with Crippen molar-refractivity contribution in [2.24, 2.45) is 0 Å². The first-order chi connectivity index (χ1) is 7.07. The van der Waals surface area contributed by atoms with Gasteiger partial charge in [-0.2, -0.15) is 0 Å². The molecule has 1 amide bonds. The summed E-state index contributed by atoms with van der Waals surface area (Å²) in [5.41, 5.74) is 0.508. The van der Waals surface area contributed by atoms with Crippen LogP contribution in [-0.2, 0) is 0 Å². The van der Waals surface area contributed by atoms with Gasteiger partial charge >= 0.3 is 0 Å². The maximum absolute atomic E-state index is 12.0. The fourth-order valence-corrected chi connectivity index (χ4v) is 1.53. The van der Waals surface area contributed by atoms with Gasteiger partial charge in [0.2, 0.25) is 0 Å². The third kappa shape index (κ3) is 2.72. The Bertz CT molecular complexity index is 336. The highest BCUT2D eigenvalue weighted by Crippen LogP contribution is 2.12. The summed E-state index contributed by atoms with van der Waals surface area (Å²) in [4.78, 5) is 13.7. The molecule has 0 aliphatic carbocycles. The molecule has 1 aromatic heterocycles. The smallest absolute Gasteiger partial charge is 0.259 e. The molecule has 0 N–H and O–H groups in total. The lowest BCUT2D eigenvalue weighted by molar-refractivity contribution is 0.0716. The molecule has 0 aromatic carbocycles. The molecule has 0 aliphatic heterocycles. The van der Waals surface area contributed by atoms with E-state index in [-0.39, 0.29) is 11.9 Å². The Kier molecular flexibility index (Phi) is 4.15. The molecule has 1 rings (SSSR count). The van der Waals surface area contributed by atoms with Gasteiger partial charge in [0.15, 0.2) is 0 Å². The second-order valence-corrected chi connectivity index (χ2v) is 3.95. The molecule has 0 radical (unpaired) electrons. The third-order valence-corrected chi connectivity index (χ3v) is 2.36. The number of carbonyl (C=O) groups is 1. The van der Waals surface area contributed by atoms with Gasteiger partial charge in [-0.1, -0.05) is 5.16 Å². The normalized spacial score (nSPS) is 10.7. The number of nitrogens with zero attached hydrogens (tertiary/aromatic N) is 2. The fourth-order valence-electron chi connectivity index (χ4n) is 1.34. The standard InChI is InChI=1S/C10H15ClN2O2/c1-7(2)13(5-4-11)10(14)9-6-12-15-8(9)3/h6-7H,4-5H2,1-3H3. The summed E-state index contributed by atoms with van der Waals surface area (Å²) in [5, 5.41) is 3.59. The third-order valence-electron chi connectivity index (χ3n) is 2.19. The molecule has 0 atom stereocenters. The summed E-state index contributed by atoms with van der Waals surface area (Å²) in [6, 6.07) is 0.116. The number of alkyl halides is 1. The number of amides is 1. The first kappa shape index (κ1) is 12.0. The molecule has 5 heteroatoms. The van der Waals surface area contributed by atoms with Crippen molar-refractivity contribution in [1.29, 1.82) is 0 Å². The van der Waals surface area contributed by atoms with Crippen molar-refractivity contribution < 1.29 is 9.32 Å². The lowest BCUT2D eigenvalue weighted by Crippen LogP contribution is -2.38. The maximum Gasteiger partial charge on any atom is 0.259 e. The highest BCUT2D eigenvalue weighted by Gasteiger charge is 2.21. The van der Waals surface area contributed by atoms with E-state index in [1.54, 1.807) is 11.8 Å². The Morgan fingerprint density at radius 1 is 1.67 bits per heavy atom.